The van der Waals surface area contributed by atoms with Crippen molar-refractivity contribution in [1.82, 2.24) is 4.57 Å². The van der Waals surface area contributed by atoms with Gasteiger partial charge in [0.2, 0.25) is 0 Å². The van der Waals surface area contributed by atoms with Gasteiger partial charge in [0.1, 0.15) is 0 Å². The number of benzene rings is 1. The molecule has 0 fully saturated rings. The Kier molecular flexibility index (Phi) is 5.39. The fourth-order valence-electron chi connectivity index (χ4n) is 2.45. The molecule has 0 saturated carbocycles. The summed E-state index contributed by atoms with van der Waals surface area (Å²) in [6.45, 7) is 11.3. The molecule has 1 amide bonds. The van der Waals surface area contributed by atoms with Crippen molar-refractivity contribution in [2.24, 2.45) is 4.99 Å². The zero-order valence-corrected chi connectivity index (χ0v) is 16.2. The van der Waals surface area contributed by atoms with Gasteiger partial charge in [0, 0.05) is 22.1 Å². The standard InChI is InChI=1S/C17H20Cl2N2OS/c1-6-21-10(2)14(17(3,4)5)23-16(21)20-15(22)12-9-11(18)7-8-13(12)19/h7-9H,6H2,1-5H3/b20-16-. The Morgan fingerprint density at radius 3 is 2.52 bits per heavy atom. The number of halogens is 2. The Labute approximate surface area is 150 Å². The number of rotatable bonds is 2. The van der Waals surface area contributed by atoms with E-state index in [1.165, 1.54) is 4.88 Å². The molecule has 1 aromatic heterocycles. The molecule has 0 atom stereocenters. The molecule has 0 saturated heterocycles. The molecule has 0 radical (unpaired) electrons. The van der Waals surface area contributed by atoms with E-state index in [0.717, 1.165) is 12.2 Å². The summed E-state index contributed by atoms with van der Waals surface area (Å²) < 4.78 is 2.06. The number of hydrogen-bond acceptors (Lipinski definition) is 2. The average molecular weight is 371 g/mol. The van der Waals surface area contributed by atoms with Crippen LogP contribution in [0.2, 0.25) is 10.0 Å². The van der Waals surface area contributed by atoms with E-state index in [1.54, 1.807) is 29.5 Å². The quantitative estimate of drug-likeness (QED) is 0.712. The van der Waals surface area contributed by atoms with Gasteiger partial charge in [-0.05, 0) is 37.5 Å². The molecule has 124 valence electrons. The summed E-state index contributed by atoms with van der Waals surface area (Å²) in [5, 5.41) is 0.824. The number of nitrogens with zero attached hydrogens (tertiary/aromatic N) is 2. The van der Waals surface area contributed by atoms with E-state index in [4.69, 9.17) is 23.2 Å². The second kappa shape index (κ2) is 6.80. The summed E-state index contributed by atoms with van der Waals surface area (Å²) in [4.78, 5) is 18.7. The van der Waals surface area contributed by atoms with Crippen LogP contribution in [0, 0.1) is 6.92 Å². The number of thiazole rings is 1. The van der Waals surface area contributed by atoms with E-state index in [9.17, 15) is 4.79 Å². The summed E-state index contributed by atoms with van der Waals surface area (Å²) >= 11 is 13.6. The Morgan fingerprint density at radius 1 is 1.30 bits per heavy atom. The van der Waals surface area contributed by atoms with Gasteiger partial charge in [0.15, 0.2) is 4.80 Å². The van der Waals surface area contributed by atoms with Gasteiger partial charge >= 0.3 is 0 Å². The summed E-state index contributed by atoms with van der Waals surface area (Å²) in [5.41, 5.74) is 1.48. The van der Waals surface area contributed by atoms with Crippen LogP contribution in [0.4, 0.5) is 0 Å². The molecule has 0 bridgehead atoms. The molecule has 23 heavy (non-hydrogen) atoms. The number of aromatic nitrogens is 1. The molecule has 0 aliphatic heterocycles. The second-order valence-electron chi connectivity index (χ2n) is 6.33. The van der Waals surface area contributed by atoms with E-state index in [1.807, 2.05) is 6.92 Å². The highest BCUT2D eigenvalue weighted by Gasteiger charge is 2.22. The predicted molar refractivity (Wildman–Crippen MR) is 97.8 cm³/mol. The largest absolute Gasteiger partial charge is 0.321 e. The van der Waals surface area contributed by atoms with Crippen molar-refractivity contribution < 1.29 is 4.79 Å². The predicted octanol–water partition coefficient (Wildman–Crippen LogP) is 5.22. The minimum atomic E-state index is -0.374. The Morgan fingerprint density at radius 2 is 1.96 bits per heavy atom. The third kappa shape index (κ3) is 3.87. The van der Waals surface area contributed by atoms with Crippen LogP contribution in [0.1, 0.15) is 48.6 Å². The number of carbonyl (C=O) groups is 1. The first-order valence-corrected chi connectivity index (χ1v) is 8.97. The van der Waals surface area contributed by atoms with Crippen LogP contribution in [-0.2, 0) is 12.0 Å². The molecule has 3 nitrogen and oxygen atoms in total. The van der Waals surface area contributed by atoms with Crippen LogP contribution < -0.4 is 4.80 Å². The molecule has 2 aromatic rings. The molecule has 0 aliphatic rings. The molecule has 1 heterocycles. The highest BCUT2D eigenvalue weighted by molar-refractivity contribution is 7.09. The van der Waals surface area contributed by atoms with Crippen LogP contribution in [0.15, 0.2) is 23.2 Å². The second-order valence-corrected chi connectivity index (χ2v) is 8.16. The van der Waals surface area contributed by atoms with Crippen molar-refractivity contribution in [2.75, 3.05) is 0 Å². The van der Waals surface area contributed by atoms with E-state index < -0.39 is 0 Å². The summed E-state index contributed by atoms with van der Waals surface area (Å²) in [5.74, 6) is -0.374. The molecule has 6 heteroatoms. The summed E-state index contributed by atoms with van der Waals surface area (Å²) in [6, 6.07) is 4.82. The number of carbonyl (C=O) groups excluding carboxylic acids is 1. The van der Waals surface area contributed by atoms with Crippen molar-refractivity contribution in [3.63, 3.8) is 0 Å². The summed E-state index contributed by atoms with van der Waals surface area (Å²) in [7, 11) is 0. The van der Waals surface area contributed by atoms with E-state index in [2.05, 4.69) is 37.3 Å². The normalized spacial score (nSPS) is 12.7. The van der Waals surface area contributed by atoms with Gasteiger partial charge in [-0.25, -0.2) is 0 Å². The lowest BCUT2D eigenvalue weighted by atomic mass is 9.93. The fraction of sp³-hybridized carbons (Fsp3) is 0.412. The van der Waals surface area contributed by atoms with Crippen molar-refractivity contribution in [3.05, 3.63) is 49.2 Å². The molecule has 0 aliphatic carbocycles. The molecule has 0 spiro atoms. The van der Waals surface area contributed by atoms with Crippen molar-refractivity contribution >= 4 is 40.4 Å². The third-order valence-corrected chi connectivity index (χ3v) is 5.68. The Hall–Kier alpha value is -1.10. The first-order valence-electron chi connectivity index (χ1n) is 7.40. The number of hydrogen-bond donors (Lipinski definition) is 0. The first-order chi connectivity index (χ1) is 10.6. The van der Waals surface area contributed by atoms with Crippen LogP contribution >= 0.6 is 34.5 Å². The maximum absolute atomic E-state index is 12.5. The van der Waals surface area contributed by atoms with Crippen LogP contribution in [0.3, 0.4) is 0 Å². The lowest BCUT2D eigenvalue weighted by Crippen LogP contribution is -2.17. The van der Waals surface area contributed by atoms with Crippen molar-refractivity contribution in [2.45, 2.75) is 46.6 Å². The zero-order chi connectivity index (χ0) is 17.4. The van der Waals surface area contributed by atoms with E-state index in [-0.39, 0.29) is 11.3 Å². The molecule has 0 unspecified atom stereocenters. The van der Waals surface area contributed by atoms with E-state index >= 15 is 0 Å². The van der Waals surface area contributed by atoms with Gasteiger partial charge in [0.25, 0.3) is 5.91 Å². The monoisotopic (exact) mass is 370 g/mol. The highest BCUT2D eigenvalue weighted by atomic mass is 35.5. The molecule has 1 aromatic carbocycles. The topological polar surface area (TPSA) is 34.4 Å². The maximum atomic E-state index is 12.5. The lowest BCUT2D eigenvalue weighted by Gasteiger charge is -2.17. The maximum Gasteiger partial charge on any atom is 0.281 e. The Balaban J connectivity index is 2.59. The average Bonchev–Trinajstić information content (AvgIpc) is 2.77. The Bertz CT molecular complexity index is 813. The minimum absolute atomic E-state index is 0.0101. The SMILES string of the molecule is CCn1c(C)c(C(C)(C)C)s/c1=N\C(=O)c1cc(Cl)ccc1Cl. The van der Waals surface area contributed by atoms with E-state index in [0.29, 0.717) is 20.4 Å². The van der Waals surface area contributed by atoms with Crippen LogP contribution in [-0.4, -0.2) is 10.5 Å². The highest BCUT2D eigenvalue weighted by Crippen LogP contribution is 2.28. The van der Waals surface area contributed by atoms with Crippen LogP contribution in [0.25, 0.3) is 0 Å². The van der Waals surface area contributed by atoms with Crippen molar-refractivity contribution in [3.8, 4) is 0 Å². The zero-order valence-electron chi connectivity index (χ0n) is 13.9. The van der Waals surface area contributed by atoms with Gasteiger partial charge < -0.3 is 4.57 Å². The minimum Gasteiger partial charge on any atom is -0.321 e. The van der Waals surface area contributed by atoms with Gasteiger partial charge in [-0.15, -0.1) is 11.3 Å². The number of amides is 1. The molecular formula is C17H20Cl2N2OS. The molecule has 0 N–H and O–H groups in total. The third-order valence-electron chi connectivity index (χ3n) is 3.51. The van der Waals surface area contributed by atoms with Gasteiger partial charge in [-0.1, -0.05) is 44.0 Å². The van der Waals surface area contributed by atoms with Crippen molar-refractivity contribution in [1.29, 1.82) is 0 Å². The smallest absolute Gasteiger partial charge is 0.281 e. The van der Waals surface area contributed by atoms with Crippen LogP contribution in [0.5, 0.6) is 0 Å². The lowest BCUT2D eigenvalue weighted by molar-refractivity contribution is 0.0998. The van der Waals surface area contributed by atoms with Gasteiger partial charge in [-0.2, -0.15) is 4.99 Å². The fourth-order valence-corrected chi connectivity index (χ4v) is 4.07. The molecular weight excluding hydrogens is 351 g/mol. The molecule has 2 rings (SSSR count). The van der Waals surface area contributed by atoms with Gasteiger partial charge in [-0.3, -0.25) is 4.79 Å². The summed E-state index contributed by atoms with van der Waals surface area (Å²) in [6.07, 6.45) is 0. The first kappa shape index (κ1) is 18.2. The van der Waals surface area contributed by atoms with Gasteiger partial charge in [0.05, 0.1) is 10.6 Å².